The summed E-state index contributed by atoms with van der Waals surface area (Å²) in [5.74, 6) is 0.0476. The quantitative estimate of drug-likeness (QED) is 0.507. The Morgan fingerprint density at radius 2 is 1.97 bits per heavy atom. The highest BCUT2D eigenvalue weighted by Crippen LogP contribution is 2.40. The molecule has 178 valence electrons. The van der Waals surface area contributed by atoms with Crippen molar-refractivity contribution in [1.29, 1.82) is 0 Å². The van der Waals surface area contributed by atoms with Crippen molar-refractivity contribution < 1.29 is 19.0 Å². The van der Waals surface area contributed by atoms with Gasteiger partial charge in [0.1, 0.15) is 23.7 Å². The van der Waals surface area contributed by atoms with Crippen LogP contribution >= 0.6 is 11.6 Å². The highest BCUT2D eigenvalue weighted by molar-refractivity contribution is 6.31. The largest absolute Gasteiger partial charge is 0.489 e. The van der Waals surface area contributed by atoms with Crippen LogP contribution in [0.4, 0.5) is 4.39 Å². The standard InChI is InChI=1S/C26H32ClFN2O3/c1-29-14-18-4-2-3-5-22(18)17-8-6-16(7-9-17)10-19-11-20(12-23(28)25(19)27)33-21-13-24(26(31)32)30-15-21/h2-5,11-12,16-17,21,24,29-30H,6-10,13-15H2,1H3,(H,31,32)/t16-,17-,21?,24-/m0/s1. The van der Waals surface area contributed by atoms with Crippen LogP contribution in [0.5, 0.6) is 5.75 Å². The Balaban J connectivity index is 1.38. The van der Waals surface area contributed by atoms with Crippen molar-refractivity contribution in [3.63, 3.8) is 0 Å². The van der Waals surface area contributed by atoms with Gasteiger partial charge in [-0.3, -0.25) is 4.79 Å². The van der Waals surface area contributed by atoms with Gasteiger partial charge in [0.15, 0.2) is 0 Å². The van der Waals surface area contributed by atoms with Crippen LogP contribution in [0.15, 0.2) is 36.4 Å². The van der Waals surface area contributed by atoms with Crippen LogP contribution < -0.4 is 15.4 Å². The minimum atomic E-state index is -0.895. The molecule has 7 heteroatoms. The maximum Gasteiger partial charge on any atom is 0.320 e. The van der Waals surface area contributed by atoms with Crippen molar-refractivity contribution in [2.24, 2.45) is 5.92 Å². The Labute approximate surface area is 199 Å². The minimum Gasteiger partial charge on any atom is -0.489 e. The summed E-state index contributed by atoms with van der Waals surface area (Å²) in [7, 11) is 1.97. The number of ether oxygens (including phenoxy) is 1. The summed E-state index contributed by atoms with van der Waals surface area (Å²) in [6.45, 7) is 1.30. The summed E-state index contributed by atoms with van der Waals surface area (Å²) < 4.78 is 20.4. The summed E-state index contributed by atoms with van der Waals surface area (Å²) in [5, 5.41) is 15.5. The SMILES string of the molecule is CNCc1ccccc1[C@H]1CC[C@H](Cc2cc(OC3CN[C@H](C(=O)O)C3)cc(F)c2Cl)CC1. The number of carboxylic acid groups (broad SMARTS) is 1. The van der Waals surface area contributed by atoms with Crippen molar-refractivity contribution in [1.82, 2.24) is 10.6 Å². The lowest BCUT2D eigenvalue weighted by atomic mass is 9.75. The van der Waals surface area contributed by atoms with E-state index in [2.05, 4.69) is 34.9 Å². The maximum atomic E-state index is 14.5. The third-order valence-electron chi connectivity index (χ3n) is 6.99. The lowest BCUT2D eigenvalue weighted by molar-refractivity contribution is -0.139. The monoisotopic (exact) mass is 474 g/mol. The van der Waals surface area contributed by atoms with Gasteiger partial charge in [0, 0.05) is 25.6 Å². The molecule has 5 nitrogen and oxygen atoms in total. The maximum absolute atomic E-state index is 14.5. The molecule has 1 unspecified atom stereocenters. The zero-order chi connectivity index (χ0) is 23.4. The van der Waals surface area contributed by atoms with Gasteiger partial charge in [-0.05, 0) is 73.7 Å². The van der Waals surface area contributed by atoms with Crippen molar-refractivity contribution in [3.8, 4) is 5.75 Å². The molecule has 33 heavy (non-hydrogen) atoms. The first-order valence-electron chi connectivity index (χ1n) is 11.8. The van der Waals surface area contributed by atoms with Crippen LogP contribution in [-0.2, 0) is 17.8 Å². The Morgan fingerprint density at radius 3 is 2.67 bits per heavy atom. The predicted octanol–water partition coefficient (Wildman–Crippen LogP) is 4.91. The molecular weight excluding hydrogens is 443 g/mol. The molecule has 1 heterocycles. The van der Waals surface area contributed by atoms with E-state index in [1.54, 1.807) is 0 Å². The zero-order valence-corrected chi connectivity index (χ0v) is 19.7. The minimum absolute atomic E-state index is 0.164. The van der Waals surface area contributed by atoms with Gasteiger partial charge < -0.3 is 20.5 Å². The molecule has 2 aromatic rings. The van der Waals surface area contributed by atoms with E-state index < -0.39 is 17.8 Å². The molecule has 1 aliphatic carbocycles. The number of carbonyl (C=O) groups is 1. The average molecular weight is 475 g/mol. The van der Waals surface area contributed by atoms with Crippen molar-refractivity contribution >= 4 is 17.6 Å². The lowest BCUT2D eigenvalue weighted by Crippen LogP contribution is -2.30. The Hall–Kier alpha value is -2.15. The fourth-order valence-corrected chi connectivity index (χ4v) is 5.47. The van der Waals surface area contributed by atoms with E-state index in [1.807, 2.05) is 13.1 Å². The van der Waals surface area contributed by atoms with Crippen LogP contribution in [0.1, 0.15) is 54.7 Å². The predicted molar refractivity (Wildman–Crippen MR) is 127 cm³/mol. The topological polar surface area (TPSA) is 70.6 Å². The van der Waals surface area contributed by atoms with Gasteiger partial charge in [0.05, 0.1) is 5.02 Å². The van der Waals surface area contributed by atoms with Crippen LogP contribution in [0.2, 0.25) is 5.02 Å². The number of benzene rings is 2. The molecule has 3 N–H and O–H groups in total. The summed E-state index contributed by atoms with van der Waals surface area (Å²) in [4.78, 5) is 11.1. The van der Waals surface area contributed by atoms with Crippen LogP contribution in [0, 0.1) is 11.7 Å². The molecule has 1 saturated heterocycles. The van der Waals surface area contributed by atoms with Crippen molar-refractivity contribution in [2.75, 3.05) is 13.6 Å². The van der Waals surface area contributed by atoms with Gasteiger partial charge in [-0.25, -0.2) is 4.39 Å². The molecule has 1 saturated carbocycles. The van der Waals surface area contributed by atoms with E-state index in [9.17, 15) is 9.18 Å². The molecule has 0 spiro atoms. The molecule has 0 bridgehead atoms. The number of carboxylic acids is 1. The smallest absolute Gasteiger partial charge is 0.320 e. The Morgan fingerprint density at radius 1 is 1.21 bits per heavy atom. The lowest BCUT2D eigenvalue weighted by Gasteiger charge is -2.30. The second-order valence-corrected chi connectivity index (χ2v) is 9.68. The second-order valence-electron chi connectivity index (χ2n) is 9.30. The fourth-order valence-electron chi connectivity index (χ4n) is 5.28. The number of aliphatic carboxylic acids is 1. The van der Waals surface area contributed by atoms with Crippen LogP contribution in [0.3, 0.4) is 0 Å². The Bertz CT molecular complexity index is 978. The molecule has 2 aromatic carbocycles. The van der Waals surface area contributed by atoms with E-state index >= 15 is 0 Å². The molecule has 0 amide bonds. The van der Waals surface area contributed by atoms with Gasteiger partial charge in [0.25, 0.3) is 0 Å². The highest BCUT2D eigenvalue weighted by Gasteiger charge is 2.31. The summed E-state index contributed by atoms with van der Waals surface area (Å²) >= 11 is 6.32. The number of halogens is 2. The number of hydrogen-bond acceptors (Lipinski definition) is 4. The van der Waals surface area contributed by atoms with E-state index in [1.165, 1.54) is 17.2 Å². The van der Waals surface area contributed by atoms with Gasteiger partial charge in [0.2, 0.25) is 0 Å². The second kappa shape index (κ2) is 10.9. The highest BCUT2D eigenvalue weighted by atomic mass is 35.5. The normalized spacial score (nSPS) is 25.2. The number of hydrogen-bond donors (Lipinski definition) is 3. The van der Waals surface area contributed by atoms with Crippen LogP contribution in [-0.4, -0.2) is 36.8 Å². The first kappa shape index (κ1) is 24.0. The zero-order valence-electron chi connectivity index (χ0n) is 18.9. The van der Waals surface area contributed by atoms with Crippen LogP contribution in [0.25, 0.3) is 0 Å². The van der Waals surface area contributed by atoms with E-state index in [4.69, 9.17) is 21.4 Å². The summed E-state index contributed by atoms with van der Waals surface area (Å²) in [6.07, 6.45) is 5.17. The molecular formula is C26H32ClFN2O3. The van der Waals surface area contributed by atoms with Crippen molar-refractivity contribution in [2.45, 2.75) is 63.1 Å². The first-order valence-corrected chi connectivity index (χ1v) is 12.2. The molecule has 2 aliphatic rings. The molecule has 0 radical (unpaired) electrons. The van der Waals surface area contributed by atoms with E-state index in [-0.39, 0.29) is 11.1 Å². The van der Waals surface area contributed by atoms with E-state index in [0.29, 0.717) is 30.6 Å². The third-order valence-corrected chi connectivity index (χ3v) is 7.41. The average Bonchev–Trinajstić information content (AvgIpc) is 3.27. The summed E-state index contributed by atoms with van der Waals surface area (Å²) in [6, 6.07) is 11.2. The molecule has 0 aromatic heterocycles. The molecule has 2 atom stereocenters. The Kier molecular flexibility index (Phi) is 7.89. The van der Waals surface area contributed by atoms with Gasteiger partial charge in [-0.1, -0.05) is 35.9 Å². The van der Waals surface area contributed by atoms with E-state index in [0.717, 1.165) is 44.2 Å². The fraction of sp³-hybridized carbons (Fsp3) is 0.500. The summed E-state index contributed by atoms with van der Waals surface area (Å²) in [5.41, 5.74) is 3.58. The molecule has 2 fully saturated rings. The van der Waals surface area contributed by atoms with Gasteiger partial charge in [-0.2, -0.15) is 0 Å². The van der Waals surface area contributed by atoms with Gasteiger partial charge in [-0.15, -0.1) is 0 Å². The first-order chi connectivity index (χ1) is 15.9. The van der Waals surface area contributed by atoms with Gasteiger partial charge >= 0.3 is 5.97 Å². The third kappa shape index (κ3) is 5.86. The number of nitrogens with one attached hydrogen (secondary N) is 2. The molecule has 1 aliphatic heterocycles. The number of rotatable bonds is 8. The molecule has 4 rings (SSSR count). The van der Waals surface area contributed by atoms with Crippen molar-refractivity contribution in [3.05, 3.63) is 63.9 Å².